The Hall–Kier alpha value is -3.75. The molecule has 0 atom stereocenters. The van der Waals surface area contributed by atoms with Crippen LogP contribution in [0.25, 0.3) is 23.2 Å². The molecule has 0 amide bonds. The van der Waals surface area contributed by atoms with Crippen molar-refractivity contribution in [3.8, 4) is 34.7 Å². The quantitative estimate of drug-likeness (QED) is 0.500. The number of methoxy groups -OCH3 is 2. The van der Waals surface area contributed by atoms with Crippen molar-refractivity contribution in [3.05, 3.63) is 59.7 Å². The van der Waals surface area contributed by atoms with E-state index >= 15 is 0 Å². The summed E-state index contributed by atoms with van der Waals surface area (Å²) in [5, 5.41) is 7.82. The Morgan fingerprint density at radius 3 is 2.46 bits per heavy atom. The number of hydrogen-bond donors (Lipinski definition) is 0. The summed E-state index contributed by atoms with van der Waals surface area (Å²) in [5.74, 6) is 1.70. The normalized spacial score (nSPS) is 10.8. The van der Waals surface area contributed by atoms with Gasteiger partial charge in [-0.15, -0.1) is 0 Å². The number of hydrogen-bond acceptors (Lipinski definition) is 8. The highest BCUT2D eigenvalue weighted by molar-refractivity contribution is 5.61. The maximum Gasteiger partial charge on any atom is 0.316 e. The Balaban J connectivity index is 1.56. The van der Waals surface area contributed by atoms with Crippen LogP contribution in [0.15, 0.2) is 51.5 Å². The van der Waals surface area contributed by atoms with Gasteiger partial charge in [0.05, 0.1) is 14.2 Å². The largest absolute Gasteiger partial charge is 0.493 e. The molecule has 0 N–H and O–H groups in total. The van der Waals surface area contributed by atoms with Crippen molar-refractivity contribution in [3.63, 3.8) is 0 Å². The number of nitrogens with zero attached hydrogens (tertiary/aromatic N) is 4. The lowest BCUT2D eigenvalue weighted by Gasteiger charge is -2.07. The first-order valence-corrected chi connectivity index (χ1v) is 8.30. The fourth-order valence-corrected chi connectivity index (χ4v) is 2.65. The van der Waals surface area contributed by atoms with Crippen LogP contribution in [0, 0.1) is 5.82 Å². The van der Waals surface area contributed by atoms with E-state index in [9.17, 15) is 4.39 Å². The minimum atomic E-state index is -0.322. The molecular formula is C19H15FN4O4. The first kappa shape index (κ1) is 17.7. The van der Waals surface area contributed by atoms with Crippen LogP contribution in [0.1, 0.15) is 11.4 Å². The number of aromatic nitrogens is 4. The second kappa shape index (κ2) is 7.47. The lowest BCUT2D eigenvalue weighted by Crippen LogP contribution is -1.92. The number of benzene rings is 2. The van der Waals surface area contributed by atoms with Gasteiger partial charge >= 0.3 is 11.8 Å². The third-order valence-electron chi connectivity index (χ3n) is 3.97. The van der Waals surface area contributed by atoms with E-state index in [0.29, 0.717) is 35.1 Å². The molecular weight excluding hydrogens is 367 g/mol. The van der Waals surface area contributed by atoms with E-state index in [1.807, 2.05) is 0 Å². The van der Waals surface area contributed by atoms with Gasteiger partial charge in [0.25, 0.3) is 0 Å². The van der Waals surface area contributed by atoms with Crippen LogP contribution in [-0.4, -0.2) is 34.5 Å². The van der Waals surface area contributed by atoms with Gasteiger partial charge < -0.3 is 18.5 Å². The first-order valence-electron chi connectivity index (χ1n) is 8.30. The van der Waals surface area contributed by atoms with E-state index < -0.39 is 0 Å². The first-order chi connectivity index (χ1) is 13.7. The van der Waals surface area contributed by atoms with Crippen LogP contribution in [-0.2, 0) is 6.42 Å². The third-order valence-corrected chi connectivity index (χ3v) is 3.97. The molecule has 0 bridgehead atoms. The Bertz CT molecular complexity index is 1110. The predicted octanol–water partition coefficient (Wildman–Crippen LogP) is 3.53. The molecule has 0 saturated heterocycles. The van der Waals surface area contributed by atoms with Gasteiger partial charge in [-0.3, -0.25) is 0 Å². The zero-order chi connectivity index (χ0) is 19.5. The van der Waals surface area contributed by atoms with Crippen molar-refractivity contribution in [2.45, 2.75) is 6.42 Å². The van der Waals surface area contributed by atoms with Gasteiger partial charge in [0.1, 0.15) is 5.82 Å². The fourth-order valence-electron chi connectivity index (χ4n) is 2.65. The fraction of sp³-hybridized carbons (Fsp3) is 0.158. The summed E-state index contributed by atoms with van der Waals surface area (Å²) in [4.78, 5) is 8.52. The van der Waals surface area contributed by atoms with Crippen molar-refractivity contribution >= 4 is 0 Å². The molecule has 4 rings (SSSR count). The lowest BCUT2D eigenvalue weighted by atomic mass is 10.1. The summed E-state index contributed by atoms with van der Waals surface area (Å²) < 4.78 is 34.2. The molecule has 0 aliphatic heterocycles. The Morgan fingerprint density at radius 1 is 0.893 bits per heavy atom. The lowest BCUT2D eigenvalue weighted by molar-refractivity contribution is 0.355. The minimum Gasteiger partial charge on any atom is -0.493 e. The number of halogens is 1. The standard InChI is InChI=1S/C19H15FN4O4/c1-25-14-7-6-12(10-15(14)26-2)17-22-19(28-24-17)18-21-16(23-27-18)9-11-4-3-5-13(20)8-11/h3-8,10H,9H2,1-2H3. The van der Waals surface area contributed by atoms with Crippen molar-refractivity contribution in [1.82, 2.24) is 20.3 Å². The molecule has 2 aromatic heterocycles. The molecule has 9 heteroatoms. The van der Waals surface area contributed by atoms with E-state index in [1.165, 1.54) is 12.1 Å². The number of rotatable bonds is 6. The Kier molecular flexibility index (Phi) is 4.71. The van der Waals surface area contributed by atoms with Gasteiger partial charge in [0.15, 0.2) is 17.3 Å². The van der Waals surface area contributed by atoms with E-state index in [2.05, 4.69) is 20.3 Å². The molecule has 0 saturated carbocycles. The Labute approximate surface area is 158 Å². The van der Waals surface area contributed by atoms with E-state index in [4.69, 9.17) is 18.5 Å². The summed E-state index contributed by atoms with van der Waals surface area (Å²) in [6, 6.07) is 11.4. The molecule has 0 fully saturated rings. The molecule has 28 heavy (non-hydrogen) atoms. The van der Waals surface area contributed by atoms with Crippen molar-refractivity contribution in [2.24, 2.45) is 0 Å². The van der Waals surface area contributed by atoms with Crippen molar-refractivity contribution < 1.29 is 22.9 Å². The molecule has 0 spiro atoms. The molecule has 0 radical (unpaired) electrons. The smallest absolute Gasteiger partial charge is 0.316 e. The predicted molar refractivity (Wildman–Crippen MR) is 95.3 cm³/mol. The minimum absolute atomic E-state index is 0.0859. The summed E-state index contributed by atoms with van der Waals surface area (Å²) in [7, 11) is 3.10. The van der Waals surface area contributed by atoms with Gasteiger partial charge in [-0.05, 0) is 35.9 Å². The summed E-state index contributed by atoms with van der Waals surface area (Å²) in [5.41, 5.74) is 1.40. The molecule has 0 unspecified atom stereocenters. The summed E-state index contributed by atoms with van der Waals surface area (Å²) in [6.45, 7) is 0. The summed E-state index contributed by atoms with van der Waals surface area (Å²) >= 11 is 0. The monoisotopic (exact) mass is 382 g/mol. The van der Waals surface area contributed by atoms with Crippen molar-refractivity contribution in [1.29, 1.82) is 0 Å². The van der Waals surface area contributed by atoms with Crippen LogP contribution >= 0.6 is 0 Å². The van der Waals surface area contributed by atoms with Gasteiger partial charge in [0, 0.05) is 12.0 Å². The second-order valence-electron chi connectivity index (χ2n) is 5.82. The van der Waals surface area contributed by atoms with Crippen LogP contribution in [0.2, 0.25) is 0 Å². The van der Waals surface area contributed by atoms with Crippen LogP contribution in [0.3, 0.4) is 0 Å². The molecule has 0 aliphatic rings. The summed E-state index contributed by atoms with van der Waals surface area (Å²) in [6.07, 6.45) is 0.317. The zero-order valence-electron chi connectivity index (χ0n) is 15.0. The van der Waals surface area contributed by atoms with Crippen molar-refractivity contribution in [2.75, 3.05) is 14.2 Å². The molecule has 4 aromatic rings. The topological polar surface area (TPSA) is 96.3 Å². The van der Waals surface area contributed by atoms with Crippen LogP contribution in [0.5, 0.6) is 11.5 Å². The maximum absolute atomic E-state index is 13.3. The maximum atomic E-state index is 13.3. The van der Waals surface area contributed by atoms with Gasteiger partial charge in [-0.1, -0.05) is 22.4 Å². The van der Waals surface area contributed by atoms with Gasteiger partial charge in [0.2, 0.25) is 5.82 Å². The highest BCUT2D eigenvalue weighted by atomic mass is 19.1. The highest BCUT2D eigenvalue weighted by Crippen LogP contribution is 2.31. The van der Waals surface area contributed by atoms with Gasteiger partial charge in [-0.25, -0.2) is 4.39 Å². The van der Waals surface area contributed by atoms with E-state index in [1.54, 1.807) is 44.6 Å². The van der Waals surface area contributed by atoms with E-state index in [-0.39, 0.29) is 17.6 Å². The molecule has 2 aromatic carbocycles. The van der Waals surface area contributed by atoms with E-state index in [0.717, 1.165) is 5.56 Å². The number of ether oxygens (including phenoxy) is 2. The Morgan fingerprint density at radius 2 is 1.68 bits per heavy atom. The SMILES string of the molecule is COc1ccc(-c2noc(-c3nc(Cc4cccc(F)c4)no3)n2)cc1OC. The molecule has 2 heterocycles. The van der Waals surface area contributed by atoms with Gasteiger partial charge in [-0.2, -0.15) is 9.97 Å². The molecule has 0 aliphatic carbocycles. The molecule has 8 nitrogen and oxygen atoms in total. The average Bonchev–Trinajstić information content (AvgIpc) is 3.37. The highest BCUT2D eigenvalue weighted by Gasteiger charge is 2.18. The second-order valence-corrected chi connectivity index (χ2v) is 5.82. The average molecular weight is 382 g/mol. The zero-order valence-corrected chi connectivity index (χ0v) is 15.0. The molecule has 142 valence electrons. The third kappa shape index (κ3) is 3.54. The van der Waals surface area contributed by atoms with Crippen LogP contribution in [0.4, 0.5) is 4.39 Å². The van der Waals surface area contributed by atoms with Crippen LogP contribution < -0.4 is 9.47 Å².